The number of hydrogen-bond acceptors (Lipinski definition) is 3. The summed E-state index contributed by atoms with van der Waals surface area (Å²) in [6.45, 7) is 2.35. The lowest BCUT2D eigenvalue weighted by molar-refractivity contribution is 0.102. The Kier molecular flexibility index (Phi) is 6.11. The average molecular weight is 401 g/mol. The molecule has 0 fully saturated rings. The Bertz CT molecular complexity index is 1030. The van der Waals surface area contributed by atoms with E-state index in [4.69, 9.17) is 16.3 Å². The van der Waals surface area contributed by atoms with Crippen LogP contribution in [-0.4, -0.2) is 17.1 Å². The fraction of sp³-hybridized carbons (Fsp3) is 0.143. The number of anilines is 1. The van der Waals surface area contributed by atoms with Crippen LogP contribution in [0.25, 0.3) is 0 Å². The topological polar surface area (TPSA) is 60.3 Å². The normalized spacial score (nSPS) is 10.5. The number of carbonyl (C=O) groups is 1. The van der Waals surface area contributed by atoms with Gasteiger partial charge in [0.25, 0.3) is 11.5 Å². The van der Waals surface area contributed by atoms with Gasteiger partial charge in [-0.25, -0.2) is 4.39 Å². The first-order chi connectivity index (χ1) is 13.5. The highest BCUT2D eigenvalue weighted by molar-refractivity contribution is 6.31. The van der Waals surface area contributed by atoms with Gasteiger partial charge in [-0.05, 0) is 55.5 Å². The summed E-state index contributed by atoms with van der Waals surface area (Å²) >= 11 is 6.03. The van der Waals surface area contributed by atoms with E-state index in [-0.39, 0.29) is 22.7 Å². The van der Waals surface area contributed by atoms with Crippen LogP contribution in [0.4, 0.5) is 10.1 Å². The molecule has 1 heterocycles. The molecule has 0 aliphatic heterocycles. The van der Waals surface area contributed by atoms with E-state index in [2.05, 4.69) is 5.32 Å². The number of aromatic nitrogens is 1. The molecule has 3 rings (SSSR count). The number of amides is 1. The molecule has 0 spiro atoms. The van der Waals surface area contributed by atoms with Gasteiger partial charge in [-0.1, -0.05) is 17.7 Å². The minimum atomic E-state index is -0.553. The number of halogens is 2. The maximum atomic E-state index is 14.0. The monoisotopic (exact) mass is 400 g/mol. The maximum absolute atomic E-state index is 14.0. The van der Waals surface area contributed by atoms with Gasteiger partial charge in [0.05, 0.1) is 13.2 Å². The molecule has 1 amide bonds. The van der Waals surface area contributed by atoms with E-state index in [0.29, 0.717) is 18.0 Å². The lowest BCUT2D eigenvalue weighted by Crippen LogP contribution is -2.29. The molecule has 0 aliphatic carbocycles. The van der Waals surface area contributed by atoms with E-state index < -0.39 is 17.3 Å². The summed E-state index contributed by atoms with van der Waals surface area (Å²) < 4.78 is 20.6. The molecule has 5 nitrogen and oxygen atoms in total. The number of benzene rings is 2. The van der Waals surface area contributed by atoms with E-state index in [1.807, 2.05) is 6.92 Å². The molecule has 0 radical (unpaired) electrons. The minimum absolute atomic E-state index is 0.0520. The third-order valence-electron chi connectivity index (χ3n) is 4.08. The van der Waals surface area contributed by atoms with Crippen LogP contribution < -0.4 is 15.6 Å². The molecule has 7 heteroatoms. The molecule has 0 unspecified atom stereocenters. The van der Waals surface area contributed by atoms with Crippen molar-refractivity contribution in [3.05, 3.63) is 93.1 Å². The van der Waals surface area contributed by atoms with Crippen LogP contribution in [-0.2, 0) is 6.54 Å². The van der Waals surface area contributed by atoms with E-state index in [1.165, 1.54) is 29.0 Å². The predicted octanol–water partition coefficient (Wildman–Crippen LogP) is 4.34. The Morgan fingerprint density at radius 1 is 1.14 bits per heavy atom. The molecular formula is C21H18ClFN2O3. The van der Waals surface area contributed by atoms with Crippen molar-refractivity contribution < 1.29 is 13.9 Å². The number of pyridine rings is 1. The van der Waals surface area contributed by atoms with Gasteiger partial charge in [0.15, 0.2) is 0 Å². The van der Waals surface area contributed by atoms with Gasteiger partial charge in [-0.2, -0.15) is 0 Å². The molecular weight excluding hydrogens is 383 g/mol. The molecule has 0 aliphatic rings. The number of carbonyl (C=O) groups excluding carboxylic acids is 1. The van der Waals surface area contributed by atoms with Crippen molar-refractivity contribution >= 4 is 23.2 Å². The molecule has 1 aromatic heterocycles. The largest absolute Gasteiger partial charge is 0.494 e. The zero-order valence-electron chi connectivity index (χ0n) is 15.1. The molecule has 0 saturated heterocycles. The van der Waals surface area contributed by atoms with Gasteiger partial charge >= 0.3 is 0 Å². The van der Waals surface area contributed by atoms with Gasteiger partial charge in [-0.3, -0.25) is 9.59 Å². The van der Waals surface area contributed by atoms with Crippen LogP contribution in [0.3, 0.4) is 0 Å². The molecule has 0 atom stereocenters. The second kappa shape index (κ2) is 8.71. The molecule has 3 aromatic rings. The van der Waals surface area contributed by atoms with Gasteiger partial charge < -0.3 is 14.6 Å². The standard InChI is InChI=1S/C21H18ClFN2O3/c1-2-28-15-10-8-14(9-11-15)24-20(26)16-5-4-12-25(21(16)27)13-17-18(22)6-3-7-19(17)23/h3-12H,2,13H2,1H3,(H,24,26). The van der Waals surface area contributed by atoms with E-state index in [0.717, 1.165) is 0 Å². The van der Waals surface area contributed by atoms with Gasteiger partial charge in [0.1, 0.15) is 17.1 Å². The Hall–Kier alpha value is -3.12. The quantitative estimate of drug-likeness (QED) is 0.669. The van der Waals surface area contributed by atoms with E-state index in [1.54, 1.807) is 36.4 Å². The Morgan fingerprint density at radius 2 is 1.89 bits per heavy atom. The molecule has 2 aromatic carbocycles. The summed E-state index contributed by atoms with van der Waals surface area (Å²) in [5, 5.41) is 2.89. The Balaban J connectivity index is 1.82. The summed E-state index contributed by atoms with van der Waals surface area (Å²) in [5.74, 6) is -0.379. The highest BCUT2D eigenvalue weighted by Crippen LogP contribution is 2.20. The average Bonchev–Trinajstić information content (AvgIpc) is 2.68. The number of rotatable bonds is 6. The van der Waals surface area contributed by atoms with Crippen LogP contribution in [0.15, 0.2) is 65.6 Å². The summed E-state index contributed by atoms with van der Waals surface area (Å²) in [6, 6.07) is 14.1. The molecule has 1 N–H and O–H groups in total. The van der Waals surface area contributed by atoms with E-state index in [9.17, 15) is 14.0 Å². The number of hydrogen-bond donors (Lipinski definition) is 1. The first kappa shape index (κ1) is 19.6. The van der Waals surface area contributed by atoms with Gasteiger partial charge in [0.2, 0.25) is 0 Å². The van der Waals surface area contributed by atoms with Crippen molar-refractivity contribution in [2.45, 2.75) is 13.5 Å². The Morgan fingerprint density at radius 3 is 2.57 bits per heavy atom. The highest BCUT2D eigenvalue weighted by Gasteiger charge is 2.15. The maximum Gasteiger partial charge on any atom is 0.263 e. The van der Waals surface area contributed by atoms with Crippen molar-refractivity contribution in [3.63, 3.8) is 0 Å². The van der Waals surface area contributed by atoms with Crippen molar-refractivity contribution in [1.29, 1.82) is 0 Å². The summed E-state index contributed by atoms with van der Waals surface area (Å²) in [6.07, 6.45) is 1.48. The zero-order chi connectivity index (χ0) is 20.1. The fourth-order valence-electron chi connectivity index (χ4n) is 2.69. The second-order valence-corrected chi connectivity index (χ2v) is 6.37. The summed E-state index contributed by atoms with van der Waals surface area (Å²) in [7, 11) is 0. The highest BCUT2D eigenvalue weighted by atomic mass is 35.5. The van der Waals surface area contributed by atoms with Crippen molar-refractivity contribution in [3.8, 4) is 5.75 Å². The first-order valence-electron chi connectivity index (χ1n) is 8.66. The lowest BCUT2D eigenvalue weighted by atomic mass is 10.2. The number of nitrogens with zero attached hydrogens (tertiary/aromatic N) is 1. The van der Waals surface area contributed by atoms with Gasteiger partial charge in [0, 0.05) is 22.5 Å². The smallest absolute Gasteiger partial charge is 0.263 e. The van der Waals surface area contributed by atoms with Crippen molar-refractivity contribution in [1.82, 2.24) is 4.57 Å². The SMILES string of the molecule is CCOc1ccc(NC(=O)c2cccn(Cc3c(F)cccc3Cl)c2=O)cc1. The number of nitrogens with one attached hydrogen (secondary N) is 1. The third kappa shape index (κ3) is 4.40. The molecule has 0 bridgehead atoms. The first-order valence-corrected chi connectivity index (χ1v) is 9.04. The van der Waals surface area contributed by atoms with Crippen LogP contribution in [0.1, 0.15) is 22.8 Å². The fourth-order valence-corrected chi connectivity index (χ4v) is 2.91. The zero-order valence-corrected chi connectivity index (χ0v) is 15.9. The summed E-state index contributed by atoms with van der Waals surface area (Å²) in [4.78, 5) is 25.2. The van der Waals surface area contributed by atoms with E-state index >= 15 is 0 Å². The molecule has 144 valence electrons. The van der Waals surface area contributed by atoms with Crippen LogP contribution in [0.2, 0.25) is 5.02 Å². The van der Waals surface area contributed by atoms with Crippen molar-refractivity contribution in [2.75, 3.05) is 11.9 Å². The second-order valence-electron chi connectivity index (χ2n) is 5.97. The van der Waals surface area contributed by atoms with Gasteiger partial charge in [-0.15, -0.1) is 0 Å². The van der Waals surface area contributed by atoms with Crippen LogP contribution in [0.5, 0.6) is 5.75 Å². The predicted molar refractivity (Wildman–Crippen MR) is 107 cm³/mol. The van der Waals surface area contributed by atoms with Crippen LogP contribution >= 0.6 is 11.6 Å². The third-order valence-corrected chi connectivity index (χ3v) is 4.43. The molecule has 28 heavy (non-hydrogen) atoms. The van der Waals surface area contributed by atoms with Crippen LogP contribution in [0, 0.1) is 5.82 Å². The minimum Gasteiger partial charge on any atom is -0.494 e. The summed E-state index contributed by atoms with van der Waals surface area (Å²) in [5.41, 5.74) is 0.129. The van der Waals surface area contributed by atoms with Crippen molar-refractivity contribution in [2.24, 2.45) is 0 Å². The Labute approximate surface area is 166 Å². The number of ether oxygens (including phenoxy) is 1. The molecule has 0 saturated carbocycles. The lowest BCUT2D eigenvalue weighted by Gasteiger charge is -2.11.